The van der Waals surface area contributed by atoms with E-state index in [4.69, 9.17) is 5.10 Å². The van der Waals surface area contributed by atoms with Gasteiger partial charge in [-0.25, -0.2) is 9.40 Å². The second-order valence-electron chi connectivity index (χ2n) is 7.55. The molecule has 2 heterocycles. The number of aromatic nitrogens is 1. The van der Waals surface area contributed by atoms with Crippen LogP contribution in [0.4, 0.5) is 4.39 Å². The van der Waals surface area contributed by atoms with Gasteiger partial charge in [0.15, 0.2) is 0 Å². The van der Waals surface area contributed by atoms with Crippen molar-refractivity contribution in [2.24, 2.45) is 5.10 Å². The molecule has 1 aromatic heterocycles. The van der Waals surface area contributed by atoms with Gasteiger partial charge in [-0.15, -0.1) is 11.8 Å². The Kier molecular flexibility index (Phi) is 5.85. The Morgan fingerprint density at radius 1 is 1.09 bits per heavy atom. The lowest BCUT2D eigenvalue weighted by molar-refractivity contribution is -0.130. The molecule has 4 nitrogen and oxygen atoms in total. The number of hydrazone groups is 1. The van der Waals surface area contributed by atoms with Crippen LogP contribution in [0.2, 0.25) is 0 Å². The molecule has 0 radical (unpaired) electrons. The number of thioether (sulfide) groups is 1. The van der Waals surface area contributed by atoms with Gasteiger partial charge in [-0.1, -0.05) is 58.4 Å². The molecule has 0 bridgehead atoms. The van der Waals surface area contributed by atoms with Gasteiger partial charge in [0.05, 0.1) is 17.5 Å². The molecule has 0 aliphatic carbocycles. The monoisotopic (exact) mass is 507 g/mol. The van der Waals surface area contributed by atoms with Crippen molar-refractivity contribution in [3.8, 4) is 0 Å². The number of benzene rings is 3. The van der Waals surface area contributed by atoms with Gasteiger partial charge < -0.3 is 4.98 Å². The minimum absolute atomic E-state index is 0.0817. The summed E-state index contributed by atoms with van der Waals surface area (Å²) in [5.41, 5.74) is 3.73. The van der Waals surface area contributed by atoms with Crippen LogP contribution >= 0.6 is 27.7 Å². The van der Waals surface area contributed by atoms with Crippen LogP contribution in [-0.4, -0.2) is 27.4 Å². The standard InChI is InChI=1S/C25H19BrFN3OS/c26-18-9-5-16(6-10-18)22-13-23(17-7-11-19(27)12-8-17)30(29-22)25(31)15-32-24-14-28-21-4-2-1-3-20(21)24/h1-12,14,23,28H,13,15H2. The highest BCUT2D eigenvalue weighted by Gasteiger charge is 2.33. The summed E-state index contributed by atoms with van der Waals surface area (Å²) in [6, 6.07) is 22.0. The summed E-state index contributed by atoms with van der Waals surface area (Å²) in [7, 11) is 0. The maximum Gasteiger partial charge on any atom is 0.253 e. The van der Waals surface area contributed by atoms with Crippen molar-refractivity contribution < 1.29 is 9.18 Å². The maximum atomic E-state index is 13.5. The zero-order chi connectivity index (χ0) is 22.1. The van der Waals surface area contributed by atoms with E-state index in [2.05, 4.69) is 20.9 Å². The molecule has 0 saturated heterocycles. The number of rotatable bonds is 5. The highest BCUT2D eigenvalue weighted by Crippen LogP contribution is 2.35. The molecule has 1 atom stereocenters. The van der Waals surface area contributed by atoms with Gasteiger partial charge in [-0.3, -0.25) is 4.79 Å². The Bertz CT molecular complexity index is 1300. The number of aromatic amines is 1. The third-order valence-electron chi connectivity index (χ3n) is 5.50. The van der Waals surface area contributed by atoms with Gasteiger partial charge in [0.1, 0.15) is 5.82 Å². The molecule has 1 N–H and O–H groups in total. The molecular weight excluding hydrogens is 489 g/mol. The number of nitrogens with zero attached hydrogens (tertiary/aromatic N) is 2. The average molecular weight is 508 g/mol. The van der Waals surface area contributed by atoms with E-state index >= 15 is 0 Å². The Morgan fingerprint density at radius 3 is 2.62 bits per heavy atom. The van der Waals surface area contributed by atoms with Crippen LogP contribution in [0.5, 0.6) is 0 Å². The fourth-order valence-corrected chi connectivity index (χ4v) is 5.02. The summed E-state index contributed by atoms with van der Waals surface area (Å²) in [4.78, 5) is 17.5. The number of hydrogen-bond donors (Lipinski definition) is 1. The number of hydrogen-bond acceptors (Lipinski definition) is 3. The fraction of sp³-hybridized carbons (Fsp3) is 0.120. The molecule has 1 unspecified atom stereocenters. The molecule has 0 spiro atoms. The van der Waals surface area contributed by atoms with Gasteiger partial charge in [-0.05, 0) is 41.5 Å². The van der Waals surface area contributed by atoms with Gasteiger partial charge in [0.25, 0.3) is 5.91 Å². The summed E-state index contributed by atoms with van der Waals surface area (Å²) in [6.07, 6.45) is 2.51. The van der Waals surface area contributed by atoms with Crippen LogP contribution in [0.15, 0.2) is 93.5 Å². The van der Waals surface area contributed by atoms with Crippen molar-refractivity contribution in [2.45, 2.75) is 17.4 Å². The number of H-pyrrole nitrogens is 1. The van der Waals surface area contributed by atoms with Gasteiger partial charge >= 0.3 is 0 Å². The van der Waals surface area contributed by atoms with E-state index in [0.29, 0.717) is 6.42 Å². The lowest BCUT2D eigenvalue weighted by atomic mass is 9.98. The maximum absolute atomic E-state index is 13.5. The highest BCUT2D eigenvalue weighted by molar-refractivity contribution is 9.10. The van der Waals surface area contributed by atoms with E-state index < -0.39 is 0 Å². The van der Waals surface area contributed by atoms with E-state index in [0.717, 1.165) is 37.1 Å². The number of para-hydroxylation sites is 1. The lowest BCUT2D eigenvalue weighted by Gasteiger charge is -2.22. The number of carbonyl (C=O) groups excluding carboxylic acids is 1. The third-order valence-corrected chi connectivity index (χ3v) is 7.07. The van der Waals surface area contributed by atoms with E-state index in [-0.39, 0.29) is 23.5 Å². The molecule has 4 aromatic rings. The van der Waals surface area contributed by atoms with Crippen LogP contribution in [0.25, 0.3) is 10.9 Å². The largest absolute Gasteiger partial charge is 0.360 e. The molecule has 0 saturated carbocycles. The number of halogens is 2. The molecule has 0 fully saturated rings. The second-order valence-corrected chi connectivity index (χ2v) is 9.48. The van der Waals surface area contributed by atoms with Crippen LogP contribution < -0.4 is 0 Å². The predicted molar refractivity (Wildman–Crippen MR) is 130 cm³/mol. The van der Waals surface area contributed by atoms with Crippen molar-refractivity contribution in [1.29, 1.82) is 0 Å². The van der Waals surface area contributed by atoms with Crippen molar-refractivity contribution in [2.75, 3.05) is 5.75 Å². The first kappa shape index (κ1) is 21.0. The summed E-state index contributed by atoms with van der Waals surface area (Å²) in [5.74, 6) is -0.119. The Labute approximate surface area is 197 Å². The zero-order valence-corrected chi connectivity index (χ0v) is 19.4. The Morgan fingerprint density at radius 2 is 1.84 bits per heavy atom. The van der Waals surface area contributed by atoms with Crippen molar-refractivity contribution in [3.05, 3.63) is 100 Å². The van der Waals surface area contributed by atoms with E-state index in [1.807, 2.05) is 54.7 Å². The molecule has 7 heteroatoms. The fourth-order valence-electron chi connectivity index (χ4n) is 3.87. The molecular formula is C25H19BrFN3OS. The lowest BCUT2D eigenvalue weighted by Crippen LogP contribution is -2.28. The van der Waals surface area contributed by atoms with Crippen LogP contribution in [-0.2, 0) is 4.79 Å². The third kappa shape index (κ3) is 4.23. The van der Waals surface area contributed by atoms with E-state index in [1.165, 1.54) is 23.9 Å². The van der Waals surface area contributed by atoms with Crippen molar-refractivity contribution in [3.63, 3.8) is 0 Å². The quantitative estimate of drug-likeness (QED) is 0.311. The first-order valence-electron chi connectivity index (χ1n) is 10.2. The predicted octanol–water partition coefficient (Wildman–Crippen LogP) is 6.54. The Hall–Kier alpha value is -2.90. The zero-order valence-electron chi connectivity index (χ0n) is 17.0. The first-order valence-corrected chi connectivity index (χ1v) is 12.0. The first-order chi connectivity index (χ1) is 15.6. The van der Waals surface area contributed by atoms with E-state index in [1.54, 1.807) is 17.1 Å². The van der Waals surface area contributed by atoms with Crippen LogP contribution in [0.1, 0.15) is 23.6 Å². The average Bonchev–Trinajstić information content (AvgIpc) is 3.43. The second kappa shape index (κ2) is 8.92. The molecule has 1 amide bonds. The minimum Gasteiger partial charge on any atom is -0.360 e. The van der Waals surface area contributed by atoms with Gasteiger partial charge in [0, 0.05) is 32.9 Å². The number of fused-ring (bicyclic) bond motifs is 1. The van der Waals surface area contributed by atoms with Gasteiger partial charge in [-0.2, -0.15) is 5.10 Å². The summed E-state index contributed by atoms with van der Waals surface area (Å²) in [5, 5.41) is 7.36. The molecule has 1 aliphatic rings. The number of amides is 1. The smallest absolute Gasteiger partial charge is 0.253 e. The molecule has 160 valence electrons. The molecule has 5 rings (SSSR count). The normalized spacial score (nSPS) is 15.9. The SMILES string of the molecule is O=C(CSc1c[nH]c2ccccc12)N1N=C(c2ccc(Br)cc2)CC1c1ccc(F)cc1. The summed E-state index contributed by atoms with van der Waals surface area (Å²) < 4.78 is 14.5. The number of carbonyl (C=O) groups is 1. The van der Waals surface area contributed by atoms with Crippen molar-refractivity contribution >= 4 is 50.2 Å². The van der Waals surface area contributed by atoms with Crippen molar-refractivity contribution in [1.82, 2.24) is 9.99 Å². The van der Waals surface area contributed by atoms with E-state index in [9.17, 15) is 9.18 Å². The van der Waals surface area contributed by atoms with Crippen LogP contribution in [0, 0.1) is 5.82 Å². The minimum atomic E-state index is -0.298. The topological polar surface area (TPSA) is 48.5 Å². The van der Waals surface area contributed by atoms with Crippen LogP contribution in [0.3, 0.4) is 0 Å². The molecule has 1 aliphatic heterocycles. The summed E-state index contributed by atoms with van der Waals surface area (Å²) >= 11 is 4.95. The number of nitrogens with one attached hydrogen (secondary N) is 1. The Balaban J connectivity index is 1.40. The summed E-state index contributed by atoms with van der Waals surface area (Å²) in [6.45, 7) is 0. The molecule has 3 aromatic carbocycles. The highest BCUT2D eigenvalue weighted by atomic mass is 79.9. The molecule has 32 heavy (non-hydrogen) atoms. The van der Waals surface area contributed by atoms with Gasteiger partial charge in [0.2, 0.25) is 0 Å².